The lowest BCUT2D eigenvalue weighted by molar-refractivity contribution is 0.0601. The average Bonchev–Trinajstić information content (AvgIpc) is 2.60. The lowest BCUT2D eigenvalue weighted by Crippen LogP contribution is -2.05. The summed E-state index contributed by atoms with van der Waals surface area (Å²) in [6.07, 6.45) is 0. The molecule has 0 aliphatic carbocycles. The van der Waals surface area contributed by atoms with Crippen molar-refractivity contribution in [3.63, 3.8) is 0 Å². The van der Waals surface area contributed by atoms with E-state index in [9.17, 15) is 9.59 Å². The van der Waals surface area contributed by atoms with E-state index in [2.05, 4.69) is 4.74 Å². The average molecular weight is 310 g/mol. The van der Waals surface area contributed by atoms with Gasteiger partial charge >= 0.3 is 5.97 Å². The van der Waals surface area contributed by atoms with Crippen molar-refractivity contribution in [2.75, 3.05) is 14.2 Å². The second kappa shape index (κ2) is 5.96. The van der Waals surface area contributed by atoms with E-state index in [1.165, 1.54) is 19.2 Å². The van der Waals surface area contributed by atoms with Crippen molar-refractivity contribution in [2.24, 2.45) is 0 Å². The molecule has 0 saturated heterocycles. The summed E-state index contributed by atoms with van der Waals surface area (Å²) in [5, 5.41) is 0.338. The van der Waals surface area contributed by atoms with Crippen LogP contribution >= 0.6 is 0 Å². The van der Waals surface area contributed by atoms with Crippen LogP contribution in [0.25, 0.3) is 22.3 Å². The maximum atomic E-state index is 12.3. The molecule has 0 radical (unpaired) electrons. The van der Waals surface area contributed by atoms with Crippen LogP contribution in [0.15, 0.2) is 57.7 Å². The van der Waals surface area contributed by atoms with Crippen molar-refractivity contribution in [1.29, 1.82) is 0 Å². The minimum atomic E-state index is -0.495. The van der Waals surface area contributed by atoms with Gasteiger partial charge in [-0.25, -0.2) is 4.79 Å². The first-order valence-corrected chi connectivity index (χ1v) is 6.93. The smallest absolute Gasteiger partial charge is 0.337 e. The Balaban J connectivity index is 2.10. The lowest BCUT2D eigenvalue weighted by Gasteiger charge is -2.05. The molecule has 3 aromatic rings. The summed E-state index contributed by atoms with van der Waals surface area (Å²) >= 11 is 0. The molecule has 2 aromatic carbocycles. The number of hydrogen-bond donors (Lipinski definition) is 0. The summed E-state index contributed by atoms with van der Waals surface area (Å²) in [7, 11) is 2.88. The zero-order valence-electron chi connectivity index (χ0n) is 12.7. The SMILES string of the molecule is COC(=O)c1ccc2oc(-c3ccc(OC)cc3)cc(=O)c2c1. The van der Waals surface area contributed by atoms with E-state index in [0.29, 0.717) is 22.3 Å². The van der Waals surface area contributed by atoms with E-state index in [1.54, 1.807) is 31.4 Å². The molecule has 5 nitrogen and oxygen atoms in total. The Kier molecular flexibility index (Phi) is 3.85. The highest BCUT2D eigenvalue weighted by Crippen LogP contribution is 2.24. The molecule has 0 atom stereocenters. The molecule has 1 heterocycles. The summed E-state index contributed by atoms with van der Waals surface area (Å²) in [6.45, 7) is 0. The quantitative estimate of drug-likeness (QED) is 0.695. The van der Waals surface area contributed by atoms with E-state index in [0.717, 1.165) is 11.3 Å². The molecule has 116 valence electrons. The summed E-state index contributed by atoms with van der Waals surface area (Å²) in [6, 6.07) is 13.2. The highest BCUT2D eigenvalue weighted by Gasteiger charge is 2.11. The van der Waals surface area contributed by atoms with Crippen molar-refractivity contribution >= 4 is 16.9 Å². The third-order valence-electron chi connectivity index (χ3n) is 3.52. The van der Waals surface area contributed by atoms with Gasteiger partial charge in [0.15, 0.2) is 5.43 Å². The van der Waals surface area contributed by atoms with Gasteiger partial charge in [0.1, 0.15) is 17.1 Å². The molecule has 5 heteroatoms. The molecule has 0 aliphatic heterocycles. The number of esters is 1. The predicted octanol–water partition coefficient (Wildman–Crippen LogP) is 3.26. The molecule has 0 unspecified atom stereocenters. The van der Waals surface area contributed by atoms with Crippen molar-refractivity contribution in [1.82, 2.24) is 0 Å². The van der Waals surface area contributed by atoms with Gasteiger partial charge in [-0.2, -0.15) is 0 Å². The topological polar surface area (TPSA) is 65.7 Å². The molecule has 0 aliphatic rings. The Morgan fingerprint density at radius 2 is 1.74 bits per heavy atom. The Hall–Kier alpha value is -3.08. The number of hydrogen-bond acceptors (Lipinski definition) is 5. The van der Waals surface area contributed by atoms with Gasteiger partial charge in [0, 0.05) is 11.6 Å². The maximum absolute atomic E-state index is 12.3. The predicted molar refractivity (Wildman–Crippen MR) is 85.8 cm³/mol. The molecule has 0 bridgehead atoms. The van der Waals surface area contributed by atoms with Gasteiger partial charge in [0.05, 0.1) is 25.2 Å². The third-order valence-corrected chi connectivity index (χ3v) is 3.52. The van der Waals surface area contributed by atoms with Crippen LogP contribution in [-0.2, 0) is 4.74 Å². The van der Waals surface area contributed by atoms with Crippen molar-refractivity contribution < 1.29 is 18.7 Å². The molecule has 0 spiro atoms. The molecule has 1 aromatic heterocycles. The molecule has 0 saturated carbocycles. The fraction of sp³-hybridized carbons (Fsp3) is 0.111. The number of carbonyl (C=O) groups is 1. The fourth-order valence-corrected chi connectivity index (χ4v) is 2.30. The van der Waals surface area contributed by atoms with Crippen molar-refractivity contribution in [3.05, 3.63) is 64.3 Å². The van der Waals surface area contributed by atoms with Crippen LogP contribution in [-0.4, -0.2) is 20.2 Å². The second-order valence-corrected chi connectivity index (χ2v) is 4.91. The number of methoxy groups -OCH3 is 2. The molecular formula is C18H14O5. The largest absolute Gasteiger partial charge is 0.497 e. The normalized spacial score (nSPS) is 10.5. The van der Waals surface area contributed by atoms with Gasteiger partial charge in [0.2, 0.25) is 0 Å². The van der Waals surface area contributed by atoms with Crippen LogP contribution in [0.2, 0.25) is 0 Å². The summed E-state index contributed by atoms with van der Waals surface area (Å²) in [4.78, 5) is 23.9. The van der Waals surface area contributed by atoms with Crippen LogP contribution in [0.5, 0.6) is 5.75 Å². The molecule has 3 rings (SSSR count). The lowest BCUT2D eigenvalue weighted by atomic mass is 10.1. The van der Waals surface area contributed by atoms with Crippen LogP contribution in [0.4, 0.5) is 0 Å². The number of rotatable bonds is 3. The van der Waals surface area contributed by atoms with Gasteiger partial charge < -0.3 is 13.9 Å². The molecule has 0 amide bonds. The van der Waals surface area contributed by atoms with Crippen LogP contribution < -0.4 is 10.2 Å². The Labute approximate surface area is 132 Å². The minimum Gasteiger partial charge on any atom is -0.497 e. The second-order valence-electron chi connectivity index (χ2n) is 4.91. The van der Waals surface area contributed by atoms with Crippen molar-refractivity contribution in [2.45, 2.75) is 0 Å². The van der Waals surface area contributed by atoms with Crippen LogP contribution in [0, 0.1) is 0 Å². The van der Waals surface area contributed by atoms with Crippen LogP contribution in [0.3, 0.4) is 0 Å². The number of fused-ring (bicyclic) bond motifs is 1. The van der Waals surface area contributed by atoms with E-state index < -0.39 is 5.97 Å². The zero-order chi connectivity index (χ0) is 16.4. The maximum Gasteiger partial charge on any atom is 0.337 e. The first-order chi connectivity index (χ1) is 11.1. The Morgan fingerprint density at radius 1 is 1.00 bits per heavy atom. The third kappa shape index (κ3) is 2.81. The number of benzene rings is 2. The van der Waals surface area contributed by atoms with Gasteiger partial charge in [-0.1, -0.05) is 0 Å². The van der Waals surface area contributed by atoms with Gasteiger partial charge in [-0.3, -0.25) is 4.79 Å². The molecule has 23 heavy (non-hydrogen) atoms. The first kappa shape index (κ1) is 14.8. The summed E-state index contributed by atoms with van der Waals surface area (Å²) in [5.41, 5.74) is 1.27. The van der Waals surface area contributed by atoms with E-state index in [-0.39, 0.29) is 5.43 Å². The van der Waals surface area contributed by atoms with E-state index in [4.69, 9.17) is 9.15 Å². The highest BCUT2D eigenvalue weighted by atomic mass is 16.5. The standard InChI is InChI=1S/C18H14O5/c1-21-13-6-3-11(4-7-13)17-10-15(19)14-9-12(18(20)22-2)5-8-16(14)23-17/h3-10H,1-2H3. The zero-order valence-corrected chi connectivity index (χ0v) is 12.7. The summed E-state index contributed by atoms with van der Waals surface area (Å²) in [5.74, 6) is 0.682. The Morgan fingerprint density at radius 3 is 2.39 bits per heavy atom. The number of ether oxygens (including phenoxy) is 2. The Bertz CT molecular complexity index is 922. The van der Waals surface area contributed by atoms with Crippen molar-refractivity contribution in [3.8, 4) is 17.1 Å². The van der Waals surface area contributed by atoms with Gasteiger partial charge in [-0.15, -0.1) is 0 Å². The summed E-state index contributed by atoms with van der Waals surface area (Å²) < 4.78 is 15.5. The molecular weight excluding hydrogens is 296 g/mol. The number of carbonyl (C=O) groups excluding carboxylic acids is 1. The molecule has 0 fully saturated rings. The first-order valence-electron chi connectivity index (χ1n) is 6.93. The van der Waals surface area contributed by atoms with E-state index >= 15 is 0 Å². The molecule has 0 N–H and O–H groups in total. The highest BCUT2D eigenvalue weighted by molar-refractivity contribution is 5.94. The minimum absolute atomic E-state index is 0.220. The van der Waals surface area contributed by atoms with Gasteiger partial charge in [0.25, 0.3) is 0 Å². The fourth-order valence-electron chi connectivity index (χ4n) is 2.30. The van der Waals surface area contributed by atoms with E-state index in [1.807, 2.05) is 12.1 Å². The van der Waals surface area contributed by atoms with Gasteiger partial charge in [-0.05, 0) is 42.5 Å². The van der Waals surface area contributed by atoms with Crippen LogP contribution in [0.1, 0.15) is 10.4 Å². The monoisotopic (exact) mass is 310 g/mol.